The number of dihydropyridines is 1. The Kier molecular flexibility index (Phi) is 2.46. The molecule has 0 aromatic heterocycles. The molecule has 0 N–H and O–H groups in total. The van der Waals surface area contributed by atoms with Gasteiger partial charge < -0.3 is 0 Å². The number of nitrogens with zero attached hydrogens (tertiary/aromatic N) is 1. The molecule has 0 bridgehead atoms. The first-order chi connectivity index (χ1) is 4.70. The van der Waals surface area contributed by atoms with Crippen molar-refractivity contribution in [3.63, 3.8) is 0 Å². The second kappa shape index (κ2) is 3.17. The van der Waals surface area contributed by atoms with Crippen LogP contribution in [0.2, 0.25) is 0 Å². The van der Waals surface area contributed by atoms with Crippen LogP contribution in [0, 0.1) is 0 Å². The molecule has 2 nitrogen and oxygen atoms in total. The number of aliphatic imine (C=N–C) groups is 1. The minimum Gasteiger partial charge on any atom is -0.276 e. The molecular formula is C6H5Cl2NO. The van der Waals surface area contributed by atoms with Crippen LogP contribution in [0.15, 0.2) is 16.6 Å². The second-order valence-corrected chi connectivity index (χ2v) is 2.63. The summed E-state index contributed by atoms with van der Waals surface area (Å²) in [5.41, 5.74) is 0.543. The molecule has 10 heavy (non-hydrogen) atoms. The highest BCUT2D eigenvalue weighted by Gasteiger charge is 2.09. The van der Waals surface area contributed by atoms with Crippen molar-refractivity contribution in [1.29, 1.82) is 0 Å². The molecule has 0 saturated heterocycles. The first-order valence-electron chi connectivity index (χ1n) is 2.80. The highest BCUT2D eigenvalue weighted by atomic mass is 35.5. The molecule has 1 aliphatic heterocycles. The van der Waals surface area contributed by atoms with E-state index in [0.29, 0.717) is 23.7 Å². The monoisotopic (exact) mass is 177 g/mol. The number of rotatable bonds is 1. The number of halogens is 2. The molecule has 0 radical (unpaired) electrons. The Morgan fingerprint density at radius 1 is 1.70 bits per heavy atom. The second-order valence-electron chi connectivity index (χ2n) is 1.90. The Morgan fingerprint density at radius 3 is 2.80 bits per heavy atom. The Balaban J connectivity index is 2.78. The summed E-state index contributed by atoms with van der Waals surface area (Å²) in [5.74, 6) is 0. The van der Waals surface area contributed by atoms with Crippen molar-refractivity contribution < 1.29 is 4.79 Å². The molecule has 4 heteroatoms. The average Bonchev–Trinajstić information content (AvgIpc) is 1.88. The maximum Gasteiger partial charge on any atom is 0.248 e. The van der Waals surface area contributed by atoms with Crippen molar-refractivity contribution in [2.24, 2.45) is 4.99 Å². The topological polar surface area (TPSA) is 29.4 Å². The minimum absolute atomic E-state index is 0.357. The predicted molar refractivity (Wildman–Crippen MR) is 41.7 cm³/mol. The van der Waals surface area contributed by atoms with E-state index in [4.69, 9.17) is 23.2 Å². The summed E-state index contributed by atoms with van der Waals surface area (Å²) in [7, 11) is 0. The average molecular weight is 178 g/mol. The van der Waals surface area contributed by atoms with E-state index in [1.807, 2.05) is 0 Å². The third-order valence-corrected chi connectivity index (χ3v) is 1.66. The van der Waals surface area contributed by atoms with Gasteiger partial charge in [-0.1, -0.05) is 11.6 Å². The van der Waals surface area contributed by atoms with Crippen LogP contribution < -0.4 is 0 Å². The van der Waals surface area contributed by atoms with E-state index < -0.39 is 5.24 Å². The van der Waals surface area contributed by atoms with Gasteiger partial charge in [0.05, 0.1) is 0 Å². The van der Waals surface area contributed by atoms with Crippen LogP contribution in [0.1, 0.15) is 6.42 Å². The molecule has 54 valence electrons. The van der Waals surface area contributed by atoms with Crippen LogP contribution >= 0.6 is 23.2 Å². The fourth-order valence-corrected chi connectivity index (χ4v) is 1.07. The Hall–Kier alpha value is -0.340. The number of hydrogen-bond donors (Lipinski definition) is 0. The zero-order valence-electron chi connectivity index (χ0n) is 5.10. The highest BCUT2D eigenvalue weighted by Crippen LogP contribution is 2.12. The Labute approximate surface area is 68.5 Å². The first kappa shape index (κ1) is 7.76. The van der Waals surface area contributed by atoms with Gasteiger partial charge in [0.1, 0.15) is 5.17 Å². The summed E-state index contributed by atoms with van der Waals surface area (Å²) >= 11 is 10.7. The van der Waals surface area contributed by atoms with Crippen LogP contribution in [0.5, 0.6) is 0 Å². The van der Waals surface area contributed by atoms with Gasteiger partial charge in [0.15, 0.2) is 0 Å². The third-order valence-electron chi connectivity index (χ3n) is 1.19. The van der Waals surface area contributed by atoms with Crippen LogP contribution in [0.3, 0.4) is 0 Å². The molecule has 1 rings (SSSR count). The summed E-state index contributed by atoms with van der Waals surface area (Å²) in [6, 6.07) is 0. The number of carbonyl (C=O) groups excluding carboxylic acids is 1. The van der Waals surface area contributed by atoms with Gasteiger partial charge in [-0.25, -0.2) is 0 Å². The van der Waals surface area contributed by atoms with E-state index in [-0.39, 0.29) is 0 Å². The summed E-state index contributed by atoms with van der Waals surface area (Å²) in [5, 5.41) is -0.0803. The van der Waals surface area contributed by atoms with E-state index in [1.54, 1.807) is 0 Å². The highest BCUT2D eigenvalue weighted by molar-refractivity contribution is 6.71. The van der Waals surface area contributed by atoms with E-state index in [9.17, 15) is 4.79 Å². The summed E-state index contributed by atoms with van der Waals surface area (Å²) < 4.78 is 0. The quantitative estimate of drug-likeness (QED) is 0.562. The summed E-state index contributed by atoms with van der Waals surface area (Å²) in [6.07, 6.45) is 2.10. The molecule has 0 atom stereocenters. The van der Waals surface area contributed by atoms with E-state index >= 15 is 0 Å². The third kappa shape index (κ3) is 1.82. The Bertz CT molecular complexity index is 220. The molecule has 0 aromatic carbocycles. The molecule has 0 saturated carbocycles. The van der Waals surface area contributed by atoms with Crippen LogP contribution in [-0.4, -0.2) is 17.0 Å². The first-order valence-corrected chi connectivity index (χ1v) is 3.56. The van der Waals surface area contributed by atoms with Crippen LogP contribution in [0.4, 0.5) is 0 Å². The van der Waals surface area contributed by atoms with Crippen molar-refractivity contribution >= 4 is 33.6 Å². The normalized spacial score (nSPS) is 17.8. The molecule has 1 aliphatic rings. The lowest BCUT2D eigenvalue weighted by Crippen LogP contribution is -2.03. The number of allylic oxidation sites excluding steroid dienone is 1. The van der Waals surface area contributed by atoms with Gasteiger partial charge >= 0.3 is 0 Å². The lowest BCUT2D eigenvalue weighted by atomic mass is 10.2. The van der Waals surface area contributed by atoms with Gasteiger partial charge in [-0.15, -0.1) is 0 Å². The largest absolute Gasteiger partial charge is 0.276 e. The lowest BCUT2D eigenvalue weighted by molar-refractivity contribution is -0.108. The van der Waals surface area contributed by atoms with Gasteiger partial charge in [0.2, 0.25) is 5.24 Å². The fraction of sp³-hybridized carbons (Fsp3) is 0.333. The van der Waals surface area contributed by atoms with Crippen molar-refractivity contribution in [3.05, 3.63) is 11.6 Å². The predicted octanol–water partition coefficient (Wildman–Crippen LogP) is 1.72. The molecular weight excluding hydrogens is 173 g/mol. The molecule has 1 heterocycles. The van der Waals surface area contributed by atoms with Crippen LogP contribution in [0.25, 0.3) is 0 Å². The molecule has 0 fully saturated rings. The molecule has 0 amide bonds. The van der Waals surface area contributed by atoms with Gasteiger partial charge in [-0.05, 0) is 24.1 Å². The van der Waals surface area contributed by atoms with E-state index in [2.05, 4.69) is 4.99 Å². The SMILES string of the molecule is O=C(Cl)C1=CC(Cl)=NCC1. The standard InChI is InChI=1S/C6H5Cl2NO/c7-5-3-4(6(8)10)1-2-9-5/h3H,1-2H2. The summed E-state index contributed by atoms with van der Waals surface area (Å²) in [4.78, 5) is 14.4. The van der Waals surface area contributed by atoms with Crippen LogP contribution in [-0.2, 0) is 4.79 Å². The smallest absolute Gasteiger partial charge is 0.248 e. The van der Waals surface area contributed by atoms with Crippen molar-refractivity contribution in [3.8, 4) is 0 Å². The van der Waals surface area contributed by atoms with E-state index in [1.165, 1.54) is 6.08 Å². The minimum atomic E-state index is -0.437. The molecule has 0 aliphatic carbocycles. The maximum absolute atomic E-state index is 10.5. The van der Waals surface area contributed by atoms with Gasteiger partial charge in [0, 0.05) is 12.1 Å². The van der Waals surface area contributed by atoms with Crippen molar-refractivity contribution in [2.75, 3.05) is 6.54 Å². The lowest BCUT2D eigenvalue weighted by Gasteiger charge is -2.04. The molecule has 0 unspecified atom stereocenters. The fourth-order valence-electron chi connectivity index (χ4n) is 0.700. The summed E-state index contributed by atoms with van der Waals surface area (Å²) in [6.45, 7) is 0.559. The Morgan fingerprint density at radius 2 is 2.40 bits per heavy atom. The molecule has 0 spiro atoms. The van der Waals surface area contributed by atoms with Gasteiger partial charge in [0.25, 0.3) is 0 Å². The van der Waals surface area contributed by atoms with Crippen molar-refractivity contribution in [1.82, 2.24) is 0 Å². The number of hydrogen-bond acceptors (Lipinski definition) is 2. The maximum atomic E-state index is 10.5. The van der Waals surface area contributed by atoms with Gasteiger partial charge in [-0.2, -0.15) is 0 Å². The van der Waals surface area contributed by atoms with Crippen molar-refractivity contribution in [2.45, 2.75) is 6.42 Å². The van der Waals surface area contributed by atoms with E-state index in [0.717, 1.165) is 0 Å². The molecule has 0 aromatic rings. The zero-order chi connectivity index (χ0) is 7.56. The number of carbonyl (C=O) groups is 1. The van der Waals surface area contributed by atoms with Gasteiger partial charge in [-0.3, -0.25) is 9.79 Å². The zero-order valence-corrected chi connectivity index (χ0v) is 6.61.